The molecule has 248 valence electrons. The molecule has 0 amide bonds. The van der Waals surface area contributed by atoms with Crippen LogP contribution in [0.25, 0.3) is 0 Å². The van der Waals surface area contributed by atoms with Gasteiger partial charge in [-0.15, -0.1) is 0 Å². The van der Waals surface area contributed by atoms with E-state index in [-0.39, 0.29) is 17.5 Å². The molecule has 0 atom stereocenters. The van der Waals surface area contributed by atoms with Crippen molar-refractivity contribution in [3.8, 4) is 0 Å². The Morgan fingerprint density at radius 2 is 1.00 bits per heavy atom. The monoisotopic (exact) mass is 596 g/mol. The Hall–Kier alpha value is -1.18. The Morgan fingerprint density at radius 3 is 1.40 bits per heavy atom. The van der Waals surface area contributed by atoms with Gasteiger partial charge in [0.1, 0.15) is 13.2 Å². The molecule has 0 aromatic heterocycles. The molecule has 1 rings (SSSR count). The number of nitrogens with one attached hydrogen (secondary N) is 1. The van der Waals surface area contributed by atoms with Crippen molar-refractivity contribution in [1.82, 2.24) is 10.2 Å². The molecule has 0 aliphatic carbocycles. The van der Waals surface area contributed by atoms with Gasteiger partial charge in [-0.1, -0.05) is 117 Å². The SMILES string of the molecule is CCCCCCCCCCCC(=O)OCCN(CCOC(=O)CCCCCCCCCCC)CCC1(N)CCNCC1. The summed E-state index contributed by atoms with van der Waals surface area (Å²) in [6.07, 6.45) is 26.1. The van der Waals surface area contributed by atoms with Gasteiger partial charge < -0.3 is 20.5 Å². The summed E-state index contributed by atoms with van der Waals surface area (Å²) in [6, 6.07) is 0. The van der Waals surface area contributed by atoms with Crippen LogP contribution in [0.2, 0.25) is 0 Å². The highest BCUT2D eigenvalue weighted by atomic mass is 16.5. The predicted molar refractivity (Wildman–Crippen MR) is 176 cm³/mol. The molecule has 0 radical (unpaired) electrons. The lowest BCUT2D eigenvalue weighted by Gasteiger charge is -2.35. The van der Waals surface area contributed by atoms with Gasteiger partial charge in [0.15, 0.2) is 0 Å². The summed E-state index contributed by atoms with van der Waals surface area (Å²) in [5.74, 6) is -0.196. The van der Waals surface area contributed by atoms with E-state index in [9.17, 15) is 9.59 Å². The van der Waals surface area contributed by atoms with Crippen LogP contribution in [-0.2, 0) is 19.1 Å². The standard InChI is InChI=1S/C35H69N3O4/c1-3-5-7-9-11-13-15-17-19-21-33(39)41-31-29-38(28-25-35(36)23-26-37-27-24-35)30-32-42-34(40)22-20-18-16-14-12-10-8-6-4-2/h37H,3-32,36H2,1-2H3. The summed E-state index contributed by atoms with van der Waals surface area (Å²) in [4.78, 5) is 26.8. The highest BCUT2D eigenvalue weighted by Crippen LogP contribution is 2.19. The van der Waals surface area contributed by atoms with Gasteiger partial charge in [-0.25, -0.2) is 0 Å². The van der Waals surface area contributed by atoms with Crippen LogP contribution in [0.15, 0.2) is 0 Å². The lowest BCUT2D eigenvalue weighted by molar-refractivity contribution is -0.144. The fourth-order valence-electron chi connectivity index (χ4n) is 5.77. The maximum Gasteiger partial charge on any atom is 0.305 e. The van der Waals surface area contributed by atoms with E-state index in [2.05, 4.69) is 24.1 Å². The van der Waals surface area contributed by atoms with Crippen molar-refractivity contribution in [3.05, 3.63) is 0 Å². The van der Waals surface area contributed by atoms with Gasteiger partial charge >= 0.3 is 11.9 Å². The Morgan fingerprint density at radius 1 is 0.619 bits per heavy atom. The van der Waals surface area contributed by atoms with Crippen molar-refractivity contribution in [3.63, 3.8) is 0 Å². The molecular formula is C35H69N3O4. The summed E-state index contributed by atoms with van der Waals surface area (Å²) < 4.78 is 11.1. The van der Waals surface area contributed by atoms with E-state index >= 15 is 0 Å². The van der Waals surface area contributed by atoms with Crippen LogP contribution in [0, 0.1) is 0 Å². The Labute approximate surface area is 259 Å². The largest absolute Gasteiger partial charge is 0.464 e. The number of carbonyl (C=O) groups is 2. The van der Waals surface area contributed by atoms with Crippen LogP contribution in [0.1, 0.15) is 162 Å². The molecule has 1 aliphatic rings. The third-order valence-electron chi connectivity index (χ3n) is 8.84. The number of esters is 2. The third kappa shape index (κ3) is 23.3. The number of rotatable bonds is 29. The minimum Gasteiger partial charge on any atom is -0.464 e. The molecule has 7 heteroatoms. The maximum atomic E-state index is 12.3. The second kappa shape index (κ2) is 27.4. The lowest BCUT2D eigenvalue weighted by atomic mass is 9.86. The Bertz CT molecular complexity index is 600. The lowest BCUT2D eigenvalue weighted by Crippen LogP contribution is -2.51. The van der Waals surface area contributed by atoms with Gasteiger partial charge in [-0.2, -0.15) is 0 Å². The van der Waals surface area contributed by atoms with Gasteiger partial charge in [-0.05, 0) is 45.2 Å². The second-order valence-electron chi connectivity index (χ2n) is 12.8. The first-order chi connectivity index (χ1) is 20.5. The second-order valence-corrected chi connectivity index (χ2v) is 12.8. The van der Waals surface area contributed by atoms with Crippen molar-refractivity contribution in [2.45, 2.75) is 167 Å². The highest BCUT2D eigenvalue weighted by molar-refractivity contribution is 5.69. The quantitative estimate of drug-likeness (QED) is 0.0676. The van der Waals surface area contributed by atoms with Crippen LogP contribution in [-0.4, -0.2) is 68.3 Å². The van der Waals surface area contributed by atoms with E-state index in [1.807, 2.05) is 0 Å². The number of ether oxygens (including phenoxy) is 2. The summed E-state index contributed by atoms with van der Waals surface area (Å²) >= 11 is 0. The van der Waals surface area contributed by atoms with Gasteiger partial charge in [0.25, 0.3) is 0 Å². The molecule has 3 N–H and O–H groups in total. The highest BCUT2D eigenvalue weighted by Gasteiger charge is 2.27. The van der Waals surface area contributed by atoms with Gasteiger partial charge in [-0.3, -0.25) is 14.5 Å². The Kier molecular flexibility index (Phi) is 25.3. The van der Waals surface area contributed by atoms with Crippen LogP contribution in [0.4, 0.5) is 0 Å². The van der Waals surface area contributed by atoms with E-state index in [0.29, 0.717) is 39.1 Å². The van der Waals surface area contributed by atoms with Crippen molar-refractivity contribution < 1.29 is 19.1 Å². The number of piperidine rings is 1. The van der Waals surface area contributed by atoms with Crippen molar-refractivity contribution in [1.29, 1.82) is 0 Å². The number of hydrogen-bond acceptors (Lipinski definition) is 7. The van der Waals surface area contributed by atoms with Gasteiger partial charge in [0.05, 0.1) is 0 Å². The first kappa shape index (κ1) is 38.8. The summed E-state index contributed by atoms with van der Waals surface area (Å²) in [6.45, 7) is 9.29. The van der Waals surface area contributed by atoms with Crippen LogP contribution < -0.4 is 11.1 Å². The number of hydrogen-bond donors (Lipinski definition) is 2. The zero-order valence-electron chi connectivity index (χ0n) is 27.9. The van der Waals surface area contributed by atoms with E-state index in [1.165, 1.54) is 89.9 Å². The van der Waals surface area contributed by atoms with Crippen LogP contribution in [0.5, 0.6) is 0 Å². The molecule has 42 heavy (non-hydrogen) atoms. The van der Waals surface area contributed by atoms with Gasteiger partial charge in [0, 0.05) is 38.0 Å². The minimum absolute atomic E-state index is 0.0982. The normalized spacial score (nSPS) is 14.8. The smallest absolute Gasteiger partial charge is 0.305 e. The molecule has 0 spiro atoms. The molecule has 0 unspecified atom stereocenters. The zero-order valence-corrected chi connectivity index (χ0v) is 27.9. The third-order valence-corrected chi connectivity index (χ3v) is 8.84. The number of unbranched alkanes of at least 4 members (excludes halogenated alkanes) is 16. The molecule has 0 aromatic carbocycles. The van der Waals surface area contributed by atoms with Crippen molar-refractivity contribution in [2.75, 3.05) is 45.9 Å². The first-order valence-corrected chi connectivity index (χ1v) is 18.0. The van der Waals surface area contributed by atoms with E-state index in [4.69, 9.17) is 15.2 Å². The van der Waals surface area contributed by atoms with Gasteiger partial charge in [0.2, 0.25) is 0 Å². The minimum atomic E-state index is -0.150. The fourth-order valence-corrected chi connectivity index (χ4v) is 5.77. The molecular weight excluding hydrogens is 526 g/mol. The molecule has 1 saturated heterocycles. The average Bonchev–Trinajstić information content (AvgIpc) is 2.98. The fraction of sp³-hybridized carbons (Fsp3) is 0.943. The van der Waals surface area contributed by atoms with E-state index in [1.54, 1.807) is 0 Å². The molecule has 0 bridgehead atoms. The molecule has 7 nitrogen and oxygen atoms in total. The van der Waals surface area contributed by atoms with E-state index < -0.39 is 0 Å². The van der Waals surface area contributed by atoms with Crippen molar-refractivity contribution >= 4 is 11.9 Å². The summed E-state index contributed by atoms with van der Waals surface area (Å²) in [5.41, 5.74) is 6.51. The van der Waals surface area contributed by atoms with Crippen LogP contribution >= 0.6 is 0 Å². The maximum absolute atomic E-state index is 12.3. The Balaban J connectivity index is 2.23. The summed E-state index contributed by atoms with van der Waals surface area (Å²) in [5, 5.41) is 3.39. The molecule has 0 aromatic rings. The first-order valence-electron chi connectivity index (χ1n) is 18.0. The molecule has 1 heterocycles. The number of carbonyl (C=O) groups excluding carboxylic acids is 2. The van der Waals surface area contributed by atoms with E-state index in [0.717, 1.165) is 64.6 Å². The summed E-state index contributed by atoms with van der Waals surface area (Å²) in [7, 11) is 0. The predicted octanol–water partition coefficient (Wildman–Crippen LogP) is 7.69. The molecule has 1 fully saturated rings. The zero-order chi connectivity index (χ0) is 30.6. The molecule has 0 saturated carbocycles. The number of nitrogens with two attached hydrogens (primary N) is 1. The van der Waals surface area contributed by atoms with Crippen molar-refractivity contribution in [2.24, 2.45) is 5.73 Å². The molecule has 1 aliphatic heterocycles. The topological polar surface area (TPSA) is 93.9 Å². The van der Waals surface area contributed by atoms with Crippen LogP contribution in [0.3, 0.4) is 0 Å². The average molecular weight is 596 g/mol. The number of nitrogens with zero attached hydrogens (tertiary/aromatic N) is 1.